The minimum absolute atomic E-state index is 0. The van der Waals surface area contributed by atoms with Gasteiger partial charge in [0, 0.05) is 30.5 Å². The van der Waals surface area contributed by atoms with E-state index in [-0.39, 0.29) is 24.8 Å². The fourth-order valence-electron chi connectivity index (χ4n) is 2.79. The van der Waals surface area contributed by atoms with Crippen LogP contribution in [0.15, 0.2) is 6.20 Å². The number of nitrogens with two attached hydrogens (primary N) is 1. The largest absolute Gasteiger partial charge is 0.451 e. The third-order valence-electron chi connectivity index (χ3n) is 3.91. The lowest BCUT2D eigenvalue weighted by Gasteiger charge is -2.32. The smallest absolute Gasteiger partial charge is 0.330 e. The molecule has 4 nitrogen and oxygen atoms in total. The van der Waals surface area contributed by atoms with E-state index in [4.69, 9.17) is 5.73 Å². The highest BCUT2D eigenvalue weighted by atomic mass is 35.5. The van der Waals surface area contributed by atoms with Gasteiger partial charge in [-0.2, -0.15) is 13.2 Å². The summed E-state index contributed by atoms with van der Waals surface area (Å²) in [4.78, 5) is 9.28. The van der Waals surface area contributed by atoms with Crippen LogP contribution in [0.1, 0.15) is 36.3 Å². The van der Waals surface area contributed by atoms with Crippen molar-refractivity contribution in [3.05, 3.63) is 23.3 Å². The van der Waals surface area contributed by atoms with Crippen molar-refractivity contribution >= 4 is 24.8 Å². The first kappa shape index (κ1) is 22.4. The van der Waals surface area contributed by atoms with Gasteiger partial charge in [-0.1, -0.05) is 0 Å². The van der Waals surface area contributed by atoms with Gasteiger partial charge in [0.25, 0.3) is 0 Å². The molecular weight excluding hydrogens is 352 g/mol. The maximum absolute atomic E-state index is 12.5. The van der Waals surface area contributed by atoms with Crippen molar-refractivity contribution in [2.24, 2.45) is 11.7 Å². The summed E-state index contributed by atoms with van der Waals surface area (Å²) in [6.07, 6.45) is 0.0960. The predicted molar refractivity (Wildman–Crippen MR) is 87.9 cm³/mol. The Hall–Kier alpha value is -0.630. The van der Waals surface area contributed by atoms with E-state index < -0.39 is 12.0 Å². The van der Waals surface area contributed by atoms with Crippen LogP contribution in [0.25, 0.3) is 0 Å². The molecule has 0 bridgehead atoms. The summed E-state index contributed by atoms with van der Waals surface area (Å²) >= 11 is 0. The van der Waals surface area contributed by atoms with E-state index in [9.17, 15) is 13.2 Å². The Morgan fingerprint density at radius 1 is 1.35 bits per heavy atom. The van der Waals surface area contributed by atoms with E-state index in [1.165, 1.54) is 12.6 Å². The van der Waals surface area contributed by atoms with Gasteiger partial charge < -0.3 is 5.73 Å². The fourth-order valence-corrected chi connectivity index (χ4v) is 2.79. The summed E-state index contributed by atoms with van der Waals surface area (Å²) in [7, 11) is 0. The van der Waals surface area contributed by atoms with Crippen LogP contribution in [0.4, 0.5) is 13.2 Å². The third-order valence-corrected chi connectivity index (χ3v) is 3.91. The number of halogens is 5. The normalized spacial score (nSPS) is 18.9. The summed E-state index contributed by atoms with van der Waals surface area (Å²) in [6.45, 7) is 4.79. The van der Waals surface area contributed by atoms with Crippen LogP contribution in [0.3, 0.4) is 0 Å². The second-order valence-corrected chi connectivity index (χ2v) is 5.62. The Kier molecular flexibility index (Phi) is 9.35. The molecule has 0 aliphatic carbocycles. The predicted octanol–water partition coefficient (Wildman–Crippen LogP) is 3.21. The van der Waals surface area contributed by atoms with E-state index in [0.29, 0.717) is 24.7 Å². The number of aryl methyl sites for hydroxylation is 1. The van der Waals surface area contributed by atoms with Crippen molar-refractivity contribution in [1.82, 2.24) is 14.9 Å². The Morgan fingerprint density at radius 2 is 2.04 bits per heavy atom. The SMILES string of the molecule is Cc1nc(C(F)(F)F)ncc1CN1CCCC(CCN)C1.Cl.Cl. The third kappa shape index (κ3) is 6.41. The molecule has 0 aromatic carbocycles. The van der Waals surface area contributed by atoms with Crippen LogP contribution >= 0.6 is 24.8 Å². The standard InChI is InChI=1S/C14H21F3N4.2ClH/c1-10-12(7-19-13(20-10)14(15,16)17)9-21-6-2-3-11(8-21)4-5-18;;/h7,11H,2-6,8-9,18H2,1H3;2*1H. The van der Waals surface area contributed by atoms with Gasteiger partial charge in [-0.3, -0.25) is 4.90 Å². The van der Waals surface area contributed by atoms with E-state index in [1.54, 1.807) is 6.92 Å². The maximum atomic E-state index is 12.5. The van der Waals surface area contributed by atoms with E-state index >= 15 is 0 Å². The second kappa shape index (κ2) is 9.61. The summed E-state index contributed by atoms with van der Waals surface area (Å²) in [6, 6.07) is 0. The van der Waals surface area contributed by atoms with Gasteiger partial charge in [0.05, 0.1) is 0 Å². The zero-order valence-corrected chi connectivity index (χ0v) is 14.6. The maximum Gasteiger partial charge on any atom is 0.451 e. The van der Waals surface area contributed by atoms with Gasteiger partial charge in [0.15, 0.2) is 0 Å². The van der Waals surface area contributed by atoms with E-state index in [0.717, 1.165) is 31.5 Å². The van der Waals surface area contributed by atoms with Crippen LogP contribution in [0.2, 0.25) is 0 Å². The molecule has 1 fully saturated rings. The molecule has 2 heterocycles. The molecule has 1 atom stereocenters. The minimum Gasteiger partial charge on any atom is -0.330 e. The van der Waals surface area contributed by atoms with Crippen LogP contribution < -0.4 is 5.73 Å². The number of nitrogens with zero attached hydrogens (tertiary/aromatic N) is 3. The number of likely N-dealkylation sites (tertiary alicyclic amines) is 1. The molecule has 0 saturated carbocycles. The fraction of sp³-hybridized carbons (Fsp3) is 0.714. The molecule has 1 saturated heterocycles. The monoisotopic (exact) mass is 374 g/mol. The van der Waals surface area contributed by atoms with Crippen molar-refractivity contribution in [1.29, 1.82) is 0 Å². The highest BCUT2D eigenvalue weighted by Crippen LogP contribution is 2.27. The highest BCUT2D eigenvalue weighted by Gasteiger charge is 2.35. The average molecular weight is 375 g/mol. The quantitative estimate of drug-likeness (QED) is 0.878. The number of alkyl halides is 3. The lowest BCUT2D eigenvalue weighted by Crippen LogP contribution is -2.36. The first-order valence-corrected chi connectivity index (χ1v) is 7.22. The summed E-state index contributed by atoms with van der Waals surface area (Å²) in [5.41, 5.74) is 6.76. The first-order valence-electron chi connectivity index (χ1n) is 7.22. The molecule has 0 spiro atoms. The summed E-state index contributed by atoms with van der Waals surface area (Å²) < 4.78 is 37.6. The lowest BCUT2D eigenvalue weighted by atomic mass is 9.94. The zero-order chi connectivity index (χ0) is 15.5. The van der Waals surface area contributed by atoms with Gasteiger partial charge in [0.1, 0.15) is 0 Å². The molecule has 1 aliphatic rings. The van der Waals surface area contributed by atoms with Crippen molar-refractivity contribution in [2.45, 2.75) is 38.9 Å². The molecule has 1 aliphatic heterocycles. The molecule has 1 aromatic heterocycles. The Bertz CT molecular complexity index is 484. The Labute approximate surface area is 146 Å². The van der Waals surface area contributed by atoms with Crippen molar-refractivity contribution in [2.75, 3.05) is 19.6 Å². The van der Waals surface area contributed by atoms with E-state index in [1.807, 2.05) is 0 Å². The first-order chi connectivity index (χ1) is 9.90. The highest BCUT2D eigenvalue weighted by molar-refractivity contribution is 5.85. The Morgan fingerprint density at radius 3 is 2.61 bits per heavy atom. The molecule has 0 amide bonds. The molecule has 2 N–H and O–H groups in total. The van der Waals surface area contributed by atoms with Crippen molar-refractivity contribution in [3.8, 4) is 0 Å². The lowest BCUT2D eigenvalue weighted by molar-refractivity contribution is -0.145. The van der Waals surface area contributed by atoms with Crippen molar-refractivity contribution < 1.29 is 13.2 Å². The van der Waals surface area contributed by atoms with Gasteiger partial charge in [-0.05, 0) is 45.2 Å². The molecule has 23 heavy (non-hydrogen) atoms. The molecular formula is C14H23Cl2F3N4. The van der Waals surface area contributed by atoms with E-state index in [2.05, 4.69) is 14.9 Å². The van der Waals surface area contributed by atoms with Gasteiger partial charge in [0.2, 0.25) is 5.82 Å². The summed E-state index contributed by atoms with van der Waals surface area (Å²) in [5.74, 6) is -0.483. The second-order valence-electron chi connectivity index (χ2n) is 5.62. The zero-order valence-electron chi connectivity index (χ0n) is 13.0. The van der Waals surface area contributed by atoms with Gasteiger partial charge >= 0.3 is 6.18 Å². The number of rotatable bonds is 4. The number of hydrogen-bond donors (Lipinski definition) is 1. The number of piperidine rings is 1. The minimum atomic E-state index is -4.49. The molecule has 2 rings (SSSR count). The number of hydrogen-bond acceptors (Lipinski definition) is 4. The molecule has 134 valence electrons. The average Bonchev–Trinajstić information content (AvgIpc) is 2.41. The molecule has 1 aromatic rings. The van der Waals surface area contributed by atoms with Crippen LogP contribution in [-0.4, -0.2) is 34.5 Å². The van der Waals surface area contributed by atoms with Crippen LogP contribution in [0, 0.1) is 12.8 Å². The molecule has 9 heteroatoms. The Balaban J connectivity index is 0.00000242. The number of aromatic nitrogens is 2. The topological polar surface area (TPSA) is 55.0 Å². The van der Waals surface area contributed by atoms with Crippen molar-refractivity contribution in [3.63, 3.8) is 0 Å². The van der Waals surface area contributed by atoms with Crippen LogP contribution in [-0.2, 0) is 12.7 Å². The molecule has 0 radical (unpaired) electrons. The molecule has 1 unspecified atom stereocenters. The van der Waals surface area contributed by atoms with Gasteiger partial charge in [-0.25, -0.2) is 9.97 Å². The van der Waals surface area contributed by atoms with Crippen LogP contribution in [0.5, 0.6) is 0 Å². The summed E-state index contributed by atoms with van der Waals surface area (Å²) in [5, 5.41) is 0. The van der Waals surface area contributed by atoms with Gasteiger partial charge in [-0.15, -0.1) is 24.8 Å².